The lowest BCUT2D eigenvalue weighted by Gasteiger charge is -2.48. The van der Waals surface area contributed by atoms with Gasteiger partial charge in [-0.3, -0.25) is 9.36 Å². The van der Waals surface area contributed by atoms with Gasteiger partial charge < -0.3 is 47.1 Å². The third-order valence-corrected chi connectivity index (χ3v) is 6.83. The SMILES string of the molecule is Nc1ncc2ncn([C@@H]3O[C@@H]([C@@H](NC(=O)[C@@H]4CCC[C@@H]4N)C(=O)O)C[C@@](O)([C@@H](O)CO)[C@@H]3O)c2n1. The lowest BCUT2D eigenvalue weighted by Crippen LogP contribution is -2.66. The maximum absolute atomic E-state index is 12.8. The predicted molar refractivity (Wildman–Crippen MR) is 117 cm³/mol. The summed E-state index contributed by atoms with van der Waals surface area (Å²) in [7, 11) is 0. The van der Waals surface area contributed by atoms with E-state index in [4.69, 9.17) is 16.2 Å². The molecule has 1 saturated carbocycles. The Bertz CT molecular complexity index is 1100. The summed E-state index contributed by atoms with van der Waals surface area (Å²) in [4.78, 5) is 36.9. The Morgan fingerprint density at radius 3 is 2.71 bits per heavy atom. The van der Waals surface area contributed by atoms with E-state index in [0.29, 0.717) is 12.8 Å². The summed E-state index contributed by atoms with van der Waals surface area (Å²) in [6.45, 7) is -0.937. The van der Waals surface area contributed by atoms with Crippen molar-refractivity contribution in [3.8, 4) is 0 Å². The highest BCUT2D eigenvalue weighted by Gasteiger charge is 2.56. The van der Waals surface area contributed by atoms with Gasteiger partial charge in [0.1, 0.15) is 23.3 Å². The number of ether oxygens (including phenoxy) is 1. The van der Waals surface area contributed by atoms with Crippen molar-refractivity contribution >= 4 is 29.0 Å². The number of anilines is 1. The van der Waals surface area contributed by atoms with Crippen LogP contribution in [0.25, 0.3) is 11.2 Å². The molecule has 2 aromatic rings. The van der Waals surface area contributed by atoms with Gasteiger partial charge in [-0.25, -0.2) is 14.8 Å². The number of aromatic nitrogens is 4. The number of hydrogen-bond donors (Lipinski definition) is 8. The molecule has 2 aromatic heterocycles. The van der Waals surface area contributed by atoms with Crippen LogP contribution < -0.4 is 16.8 Å². The molecule has 1 saturated heterocycles. The van der Waals surface area contributed by atoms with Crippen LogP contribution in [0, 0.1) is 5.92 Å². The van der Waals surface area contributed by atoms with Crippen molar-refractivity contribution < 1.29 is 39.9 Å². The Morgan fingerprint density at radius 1 is 1.34 bits per heavy atom. The molecule has 10 N–H and O–H groups in total. The summed E-state index contributed by atoms with van der Waals surface area (Å²) in [5.41, 5.74) is 9.59. The third-order valence-electron chi connectivity index (χ3n) is 6.83. The third kappa shape index (κ3) is 4.53. The first kappa shape index (κ1) is 25.2. The number of aliphatic hydroxyl groups excluding tert-OH is 3. The molecular weight excluding hydrogens is 466 g/mol. The molecule has 0 aromatic carbocycles. The minimum Gasteiger partial charge on any atom is -0.480 e. The molecule has 2 fully saturated rings. The molecule has 4 rings (SSSR count). The highest BCUT2D eigenvalue weighted by atomic mass is 16.5. The average Bonchev–Trinajstić information content (AvgIpc) is 3.44. The number of nitrogen functional groups attached to an aromatic ring is 1. The van der Waals surface area contributed by atoms with Gasteiger partial charge in [-0.05, 0) is 12.8 Å². The molecule has 15 nitrogen and oxygen atoms in total. The van der Waals surface area contributed by atoms with Gasteiger partial charge >= 0.3 is 5.97 Å². The van der Waals surface area contributed by atoms with E-state index in [0.717, 1.165) is 6.42 Å². The highest BCUT2D eigenvalue weighted by molar-refractivity contribution is 5.86. The van der Waals surface area contributed by atoms with Crippen molar-refractivity contribution in [1.29, 1.82) is 0 Å². The number of nitrogens with one attached hydrogen (secondary N) is 1. The maximum Gasteiger partial charge on any atom is 0.328 e. The van der Waals surface area contributed by atoms with Crippen LogP contribution in [0.5, 0.6) is 0 Å². The number of amides is 1. The smallest absolute Gasteiger partial charge is 0.328 e. The van der Waals surface area contributed by atoms with Crippen LogP contribution in [0.15, 0.2) is 12.5 Å². The predicted octanol–water partition coefficient (Wildman–Crippen LogP) is -3.16. The molecule has 1 amide bonds. The van der Waals surface area contributed by atoms with E-state index >= 15 is 0 Å². The van der Waals surface area contributed by atoms with Crippen LogP contribution in [-0.4, -0.2) is 99.5 Å². The summed E-state index contributed by atoms with van der Waals surface area (Å²) >= 11 is 0. The van der Waals surface area contributed by atoms with E-state index < -0.39 is 73.0 Å². The van der Waals surface area contributed by atoms with E-state index in [1.165, 1.54) is 17.1 Å². The molecule has 0 unspecified atom stereocenters. The molecule has 3 heterocycles. The first-order valence-electron chi connectivity index (χ1n) is 11.2. The number of hydrogen-bond acceptors (Lipinski definition) is 12. The fourth-order valence-corrected chi connectivity index (χ4v) is 4.81. The van der Waals surface area contributed by atoms with E-state index in [9.17, 15) is 35.1 Å². The number of imidazole rings is 1. The molecule has 35 heavy (non-hydrogen) atoms. The number of carboxylic acid groups (broad SMARTS) is 1. The van der Waals surface area contributed by atoms with Crippen LogP contribution >= 0.6 is 0 Å². The van der Waals surface area contributed by atoms with Crippen LogP contribution in [0.1, 0.15) is 31.9 Å². The second-order valence-electron chi connectivity index (χ2n) is 9.02. The van der Waals surface area contributed by atoms with Crippen molar-refractivity contribution in [2.45, 2.75) is 67.9 Å². The van der Waals surface area contributed by atoms with Gasteiger partial charge in [-0.1, -0.05) is 6.42 Å². The van der Waals surface area contributed by atoms with E-state index in [2.05, 4.69) is 20.3 Å². The summed E-state index contributed by atoms with van der Waals surface area (Å²) in [6.07, 6.45) is -2.91. The zero-order valence-electron chi connectivity index (χ0n) is 18.6. The molecule has 2 aliphatic rings. The molecule has 1 aliphatic heterocycles. The number of rotatable bonds is 7. The fourth-order valence-electron chi connectivity index (χ4n) is 4.81. The zero-order chi connectivity index (χ0) is 25.5. The number of nitrogens with zero attached hydrogens (tertiary/aromatic N) is 4. The van der Waals surface area contributed by atoms with E-state index in [-0.39, 0.29) is 17.1 Å². The zero-order valence-corrected chi connectivity index (χ0v) is 18.6. The van der Waals surface area contributed by atoms with E-state index in [1.807, 2.05) is 0 Å². The van der Waals surface area contributed by atoms with Crippen molar-refractivity contribution in [1.82, 2.24) is 24.8 Å². The van der Waals surface area contributed by atoms with Gasteiger partial charge in [0.15, 0.2) is 17.9 Å². The number of aliphatic carboxylic acids is 1. The lowest BCUT2D eigenvalue weighted by molar-refractivity contribution is -0.273. The molecule has 8 atom stereocenters. The van der Waals surface area contributed by atoms with Gasteiger partial charge in [-0.2, -0.15) is 4.98 Å². The van der Waals surface area contributed by atoms with Crippen LogP contribution in [0.3, 0.4) is 0 Å². The molecule has 1 aliphatic carbocycles. The molecule has 15 heteroatoms. The summed E-state index contributed by atoms with van der Waals surface area (Å²) in [6, 6.07) is -2.08. The monoisotopic (exact) mass is 495 g/mol. The van der Waals surface area contributed by atoms with Crippen LogP contribution in [0.2, 0.25) is 0 Å². The number of carboxylic acids is 1. The molecule has 0 spiro atoms. The number of fused-ring (bicyclic) bond motifs is 1. The Hall–Kier alpha value is -2.95. The average molecular weight is 495 g/mol. The summed E-state index contributed by atoms with van der Waals surface area (Å²) < 4.78 is 7.09. The highest BCUT2D eigenvalue weighted by Crippen LogP contribution is 2.39. The van der Waals surface area contributed by atoms with Crippen LogP contribution in [0.4, 0.5) is 5.95 Å². The second-order valence-corrected chi connectivity index (χ2v) is 9.02. The topological polar surface area (TPSA) is 252 Å². The molecule has 0 radical (unpaired) electrons. The van der Waals surface area contributed by atoms with Gasteiger partial charge in [0.05, 0.1) is 31.2 Å². The minimum absolute atomic E-state index is 0.107. The maximum atomic E-state index is 12.8. The van der Waals surface area contributed by atoms with Gasteiger partial charge in [-0.15, -0.1) is 0 Å². The number of aliphatic hydroxyl groups is 4. The quantitative estimate of drug-likeness (QED) is 0.189. The van der Waals surface area contributed by atoms with Crippen molar-refractivity contribution in [2.24, 2.45) is 11.7 Å². The number of nitrogens with two attached hydrogens (primary N) is 2. The Morgan fingerprint density at radius 2 is 2.09 bits per heavy atom. The first-order chi connectivity index (χ1) is 16.6. The molecular formula is C20H29N7O8. The van der Waals surface area contributed by atoms with Crippen molar-refractivity contribution in [3.05, 3.63) is 12.5 Å². The fraction of sp³-hybridized carbons (Fsp3) is 0.650. The molecule has 0 bridgehead atoms. The minimum atomic E-state index is -2.42. The Kier molecular flexibility index (Phi) is 6.90. The van der Waals surface area contributed by atoms with Gasteiger partial charge in [0, 0.05) is 12.5 Å². The molecule has 192 valence electrons. The Labute approximate surface area is 198 Å². The van der Waals surface area contributed by atoms with Gasteiger partial charge in [0.2, 0.25) is 11.9 Å². The summed E-state index contributed by atoms with van der Waals surface area (Å²) in [5.74, 6) is -2.74. The van der Waals surface area contributed by atoms with Crippen molar-refractivity contribution in [3.63, 3.8) is 0 Å². The number of carbonyl (C=O) groups excluding carboxylic acids is 1. The summed E-state index contributed by atoms with van der Waals surface area (Å²) in [5, 5.41) is 54.5. The Balaban J connectivity index is 1.70. The number of carbonyl (C=O) groups is 2. The van der Waals surface area contributed by atoms with Crippen molar-refractivity contribution in [2.75, 3.05) is 12.3 Å². The first-order valence-corrected chi connectivity index (χ1v) is 11.2. The lowest BCUT2D eigenvalue weighted by atomic mass is 9.79. The normalized spacial score (nSPS) is 32.9. The second kappa shape index (κ2) is 9.60. The largest absolute Gasteiger partial charge is 0.480 e. The van der Waals surface area contributed by atoms with Gasteiger partial charge in [0.25, 0.3) is 0 Å². The van der Waals surface area contributed by atoms with Crippen LogP contribution in [-0.2, 0) is 14.3 Å². The standard InChI is InChI=1S/C20H29N7O8/c21-9-3-1-2-8(9)16(31)25-13(18(32)33)11-4-20(34,12(29)6-28)14(30)17(35-11)27-7-24-10-5-23-19(22)26-15(10)27/h5,7-9,11-14,17,28-30,34H,1-4,6,21H2,(H,25,31)(H,32,33)(H2,22,23,26)/t8-,9+,11-,12+,13-,14-,17-,20-/m1/s1. The van der Waals surface area contributed by atoms with E-state index in [1.54, 1.807) is 0 Å².